The molecule has 20 heavy (non-hydrogen) atoms. The lowest BCUT2D eigenvalue weighted by atomic mass is 9.82. The van der Waals surface area contributed by atoms with Gasteiger partial charge >= 0.3 is 0 Å². The van der Waals surface area contributed by atoms with Gasteiger partial charge in [-0.05, 0) is 70.8 Å². The van der Waals surface area contributed by atoms with Crippen LogP contribution in [0.2, 0.25) is 0 Å². The quantitative estimate of drug-likeness (QED) is 0.664. The summed E-state index contributed by atoms with van der Waals surface area (Å²) in [5.74, 6) is 0.539. The first-order valence-electron chi connectivity index (χ1n) is 7.41. The zero-order valence-electron chi connectivity index (χ0n) is 11.4. The van der Waals surface area contributed by atoms with Crippen molar-refractivity contribution in [3.8, 4) is 0 Å². The lowest BCUT2D eigenvalue weighted by Crippen LogP contribution is -2.34. The van der Waals surface area contributed by atoms with Gasteiger partial charge in [0, 0.05) is 22.1 Å². The molecule has 2 aliphatic heterocycles. The van der Waals surface area contributed by atoms with E-state index in [1.807, 2.05) is 0 Å². The molecular weight excluding hydrogens is 353 g/mol. The Labute approximate surface area is 134 Å². The van der Waals surface area contributed by atoms with Crippen molar-refractivity contribution in [2.24, 2.45) is 0 Å². The zero-order chi connectivity index (χ0) is 13.5. The summed E-state index contributed by atoms with van der Waals surface area (Å²) in [6, 6.07) is 18.8. The molecule has 1 fully saturated rings. The molecule has 0 saturated carbocycles. The van der Waals surface area contributed by atoms with Crippen molar-refractivity contribution < 1.29 is 0 Å². The summed E-state index contributed by atoms with van der Waals surface area (Å²) in [6.45, 7) is 2.45. The van der Waals surface area contributed by atoms with Gasteiger partial charge in [0.05, 0.1) is 0 Å². The summed E-state index contributed by atoms with van der Waals surface area (Å²) >= 11 is 2.38. The normalized spacial score (nSPS) is 25.2. The molecule has 2 aromatic carbocycles. The molecule has 2 aromatic rings. The van der Waals surface area contributed by atoms with Crippen molar-refractivity contribution in [2.75, 3.05) is 13.1 Å². The van der Waals surface area contributed by atoms with Gasteiger partial charge in [-0.15, -0.1) is 0 Å². The standard InChI is InChI=1S/C18H18IN/c19-14-9-7-13(8-10-14)17-12-20-11-3-6-18(20)16-5-2-1-4-15(16)17/h1-2,4-5,7-10,17-18H,3,6,11-12H2/t17-,18+/m0/s1/i19-4. The van der Waals surface area contributed by atoms with Gasteiger partial charge in [0.1, 0.15) is 0 Å². The highest BCUT2D eigenvalue weighted by Gasteiger charge is 2.35. The largest absolute Gasteiger partial charge is 0.295 e. The Morgan fingerprint density at radius 2 is 1.70 bits per heavy atom. The highest BCUT2D eigenvalue weighted by atomic mass is 123. The second kappa shape index (κ2) is 5.15. The topological polar surface area (TPSA) is 3.24 Å². The molecule has 0 radical (unpaired) electrons. The fraction of sp³-hybridized carbons (Fsp3) is 0.333. The fourth-order valence-corrected chi connectivity index (χ4v) is 4.20. The number of fused-ring (bicyclic) bond motifs is 3. The van der Waals surface area contributed by atoms with E-state index in [4.69, 9.17) is 0 Å². The van der Waals surface area contributed by atoms with Crippen molar-refractivity contribution in [1.29, 1.82) is 0 Å². The minimum absolute atomic E-state index is 0.539. The summed E-state index contributed by atoms with van der Waals surface area (Å²) in [7, 11) is 0. The average molecular weight is 371 g/mol. The number of rotatable bonds is 1. The monoisotopic (exact) mass is 371 g/mol. The van der Waals surface area contributed by atoms with Crippen LogP contribution < -0.4 is 0 Å². The first-order valence-corrected chi connectivity index (χ1v) is 8.49. The molecule has 2 heterocycles. The van der Waals surface area contributed by atoms with Crippen molar-refractivity contribution >= 4 is 22.6 Å². The highest BCUT2D eigenvalue weighted by Crippen LogP contribution is 2.43. The number of hydrogen-bond donors (Lipinski definition) is 0. The van der Waals surface area contributed by atoms with Crippen molar-refractivity contribution in [3.63, 3.8) is 0 Å². The second-order valence-electron chi connectivity index (χ2n) is 5.89. The van der Waals surface area contributed by atoms with E-state index in [1.165, 1.54) is 35.1 Å². The van der Waals surface area contributed by atoms with Gasteiger partial charge in [-0.25, -0.2) is 0 Å². The molecule has 1 saturated heterocycles. The molecule has 0 unspecified atom stereocenters. The number of benzene rings is 2. The van der Waals surface area contributed by atoms with E-state index in [0.717, 1.165) is 0 Å². The first kappa shape index (κ1) is 12.8. The third-order valence-corrected chi connectivity index (χ3v) is 5.50. The van der Waals surface area contributed by atoms with Gasteiger partial charge in [0.15, 0.2) is 0 Å². The smallest absolute Gasteiger partial charge is 0.0351 e. The molecule has 2 aliphatic rings. The predicted molar refractivity (Wildman–Crippen MR) is 91.0 cm³/mol. The van der Waals surface area contributed by atoms with Crippen LogP contribution in [0.1, 0.15) is 41.5 Å². The Morgan fingerprint density at radius 3 is 2.50 bits per heavy atom. The summed E-state index contributed by atoms with van der Waals surface area (Å²) in [4.78, 5) is 2.69. The lowest BCUT2D eigenvalue weighted by molar-refractivity contribution is 0.230. The van der Waals surface area contributed by atoms with Crippen molar-refractivity contribution in [2.45, 2.75) is 24.8 Å². The minimum atomic E-state index is 0.539. The first-order chi connectivity index (χ1) is 9.83. The summed E-state index contributed by atoms with van der Waals surface area (Å²) in [5.41, 5.74) is 4.58. The molecule has 0 bridgehead atoms. The molecule has 1 nitrogen and oxygen atoms in total. The zero-order valence-corrected chi connectivity index (χ0v) is 13.6. The maximum Gasteiger partial charge on any atom is 0.0351 e. The van der Waals surface area contributed by atoms with E-state index in [2.05, 4.69) is 76.0 Å². The number of halogens is 1. The molecule has 2 atom stereocenters. The summed E-state index contributed by atoms with van der Waals surface area (Å²) < 4.78 is 1.31. The molecule has 0 N–H and O–H groups in total. The van der Waals surface area contributed by atoms with Gasteiger partial charge in [-0.1, -0.05) is 36.4 Å². The van der Waals surface area contributed by atoms with E-state index in [-0.39, 0.29) is 0 Å². The van der Waals surface area contributed by atoms with Crippen LogP contribution in [-0.4, -0.2) is 18.0 Å². The van der Waals surface area contributed by atoms with Crippen LogP contribution in [0.25, 0.3) is 0 Å². The number of hydrogen-bond acceptors (Lipinski definition) is 1. The van der Waals surface area contributed by atoms with E-state index >= 15 is 0 Å². The third kappa shape index (κ3) is 2.09. The van der Waals surface area contributed by atoms with Gasteiger partial charge in [-0.2, -0.15) is 0 Å². The molecule has 4 rings (SSSR count). The van der Waals surface area contributed by atoms with Gasteiger partial charge in [0.2, 0.25) is 0 Å². The van der Waals surface area contributed by atoms with Crippen LogP contribution in [0, 0.1) is 3.57 Å². The third-order valence-electron chi connectivity index (χ3n) is 4.78. The Kier molecular flexibility index (Phi) is 3.31. The van der Waals surface area contributed by atoms with E-state index in [0.29, 0.717) is 12.0 Å². The second-order valence-corrected chi connectivity index (χ2v) is 7.13. The van der Waals surface area contributed by atoms with Crippen molar-refractivity contribution in [3.05, 3.63) is 68.8 Å². The maximum atomic E-state index is 2.69. The van der Waals surface area contributed by atoms with Gasteiger partial charge in [0.25, 0.3) is 0 Å². The highest BCUT2D eigenvalue weighted by molar-refractivity contribution is 14.1. The summed E-state index contributed by atoms with van der Waals surface area (Å²) in [6.07, 6.45) is 2.68. The Morgan fingerprint density at radius 1 is 0.950 bits per heavy atom. The summed E-state index contributed by atoms with van der Waals surface area (Å²) in [5, 5.41) is 0. The van der Waals surface area contributed by atoms with Crippen LogP contribution in [-0.2, 0) is 0 Å². The predicted octanol–water partition coefficient (Wildman–Crippen LogP) is 4.57. The number of nitrogens with zero attached hydrogens (tertiary/aromatic N) is 1. The molecule has 2 heteroatoms. The van der Waals surface area contributed by atoms with Crippen LogP contribution >= 0.6 is 22.6 Å². The van der Waals surface area contributed by atoms with Crippen LogP contribution in [0.3, 0.4) is 0 Å². The fourth-order valence-electron chi connectivity index (χ4n) is 3.84. The molecule has 0 aliphatic carbocycles. The SMILES string of the molecule is [123I]c1ccc([C@@H]2CN3CCC[C@@H]3c3ccccc32)cc1. The van der Waals surface area contributed by atoms with Gasteiger partial charge < -0.3 is 0 Å². The Bertz CT molecular complexity index is 620. The molecule has 0 aromatic heterocycles. The molecular formula is C18H18IN. The van der Waals surface area contributed by atoms with E-state index < -0.39 is 0 Å². The average Bonchev–Trinajstić information content (AvgIpc) is 2.96. The van der Waals surface area contributed by atoms with Gasteiger partial charge in [-0.3, -0.25) is 4.90 Å². The molecule has 102 valence electrons. The lowest BCUT2D eigenvalue weighted by Gasteiger charge is -2.37. The maximum absolute atomic E-state index is 2.69. The Balaban J connectivity index is 1.80. The van der Waals surface area contributed by atoms with E-state index in [9.17, 15) is 0 Å². The minimum Gasteiger partial charge on any atom is -0.295 e. The molecule has 0 amide bonds. The van der Waals surface area contributed by atoms with E-state index in [1.54, 1.807) is 11.1 Å². The van der Waals surface area contributed by atoms with Crippen LogP contribution in [0.4, 0.5) is 0 Å². The van der Waals surface area contributed by atoms with Crippen LogP contribution in [0.15, 0.2) is 48.5 Å². The Hall–Kier alpha value is -0.870. The molecule has 0 spiro atoms. The van der Waals surface area contributed by atoms with Crippen molar-refractivity contribution in [1.82, 2.24) is 4.90 Å². The van der Waals surface area contributed by atoms with Crippen LogP contribution in [0.5, 0.6) is 0 Å².